The average Bonchev–Trinajstić information content (AvgIpc) is 3.22. The number of anilines is 1. The minimum Gasteiger partial charge on any atom is -0.325 e. The number of non-ortho nitro benzene ring substituents is 1. The lowest BCUT2D eigenvalue weighted by Gasteiger charge is -2.13. The Balaban J connectivity index is 1.55. The number of amides is 1. The molecule has 0 aliphatic rings. The molecule has 2 aromatic heterocycles. The number of nitro benzene ring substituents is 1. The van der Waals surface area contributed by atoms with Crippen LogP contribution in [0.15, 0.2) is 70.6 Å². The van der Waals surface area contributed by atoms with Gasteiger partial charge in [-0.1, -0.05) is 42.1 Å². The number of nitrogens with one attached hydrogen (secondary N) is 1. The lowest BCUT2D eigenvalue weighted by Crippen LogP contribution is -2.25. The molecule has 162 valence electrons. The third kappa shape index (κ3) is 4.41. The summed E-state index contributed by atoms with van der Waals surface area (Å²) in [6, 6.07) is 17.2. The van der Waals surface area contributed by atoms with Gasteiger partial charge < -0.3 is 5.32 Å². The lowest BCUT2D eigenvalue weighted by molar-refractivity contribution is -0.384. The zero-order valence-corrected chi connectivity index (χ0v) is 18.8. The minimum atomic E-state index is -0.547. The Labute approximate surface area is 191 Å². The summed E-state index contributed by atoms with van der Waals surface area (Å²) in [7, 11) is 1.64. The molecule has 2 aromatic carbocycles. The molecule has 0 bridgehead atoms. The fourth-order valence-electron chi connectivity index (χ4n) is 3.02. The quantitative estimate of drug-likeness (QED) is 0.191. The summed E-state index contributed by atoms with van der Waals surface area (Å²) in [6.45, 7) is 1.71. The summed E-state index contributed by atoms with van der Waals surface area (Å²) < 4.78 is 1.45. The van der Waals surface area contributed by atoms with Crippen LogP contribution in [-0.2, 0) is 11.8 Å². The largest absolute Gasteiger partial charge is 0.325 e. The number of nitro groups is 1. The molecule has 8 nitrogen and oxygen atoms in total. The minimum absolute atomic E-state index is 0.0521. The van der Waals surface area contributed by atoms with Crippen molar-refractivity contribution in [3.05, 3.63) is 81.1 Å². The van der Waals surface area contributed by atoms with Crippen molar-refractivity contribution in [3.63, 3.8) is 0 Å². The van der Waals surface area contributed by atoms with E-state index in [0.29, 0.717) is 21.1 Å². The second kappa shape index (κ2) is 8.93. The Morgan fingerprint density at radius 2 is 1.88 bits per heavy atom. The average molecular weight is 467 g/mol. The molecule has 0 radical (unpaired) electrons. The van der Waals surface area contributed by atoms with Crippen LogP contribution in [0.5, 0.6) is 0 Å². The fourth-order valence-corrected chi connectivity index (χ4v) is 4.97. The summed E-state index contributed by atoms with van der Waals surface area (Å²) in [6.07, 6.45) is 0. The number of nitrogens with zero attached hydrogens (tertiary/aromatic N) is 3. The van der Waals surface area contributed by atoms with Crippen LogP contribution in [-0.4, -0.2) is 25.6 Å². The molecule has 0 aliphatic heterocycles. The van der Waals surface area contributed by atoms with E-state index in [2.05, 4.69) is 10.3 Å². The molecule has 10 heteroatoms. The molecule has 0 saturated carbocycles. The van der Waals surface area contributed by atoms with E-state index in [1.807, 2.05) is 36.4 Å². The van der Waals surface area contributed by atoms with E-state index < -0.39 is 10.2 Å². The van der Waals surface area contributed by atoms with E-state index in [1.54, 1.807) is 14.0 Å². The molecular weight excluding hydrogens is 448 g/mol. The fraction of sp³-hybridized carbons (Fsp3) is 0.136. The highest BCUT2D eigenvalue weighted by molar-refractivity contribution is 8.00. The molecule has 1 N–H and O–H groups in total. The number of thioether (sulfide) groups is 1. The van der Waals surface area contributed by atoms with Gasteiger partial charge in [-0.25, -0.2) is 4.98 Å². The zero-order valence-electron chi connectivity index (χ0n) is 17.1. The highest BCUT2D eigenvalue weighted by Crippen LogP contribution is 2.32. The molecule has 0 saturated heterocycles. The maximum absolute atomic E-state index is 12.9. The van der Waals surface area contributed by atoms with Crippen molar-refractivity contribution in [3.8, 4) is 10.4 Å². The topological polar surface area (TPSA) is 107 Å². The van der Waals surface area contributed by atoms with Gasteiger partial charge in [-0.3, -0.25) is 24.3 Å². The Bertz CT molecular complexity index is 1360. The molecule has 32 heavy (non-hydrogen) atoms. The maximum Gasteiger partial charge on any atom is 0.269 e. The van der Waals surface area contributed by atoms with Gasteiger partial charge in [0.2, 0.25) is 5.91 Å². The van der Waals surface area contributed by atoms with Gasteiger partial charge in [-0.05, 0) is 30.7 Å². The van der Waals surface area contributed by atoms with Crippen molar-refractivity contribution in [1.82, 2.24) is 9.55 Å². The Hall–Kier alpha value is -3.50. The van der Waals surface area contributed by atoms with E-state index in [4.69, 9.17) is 0 Å². The predicted octanol–water partition coefficient (Wildman–Crippen LogP) is 4.69. The van der Waals surface area contributed by atoms with E-state index in [1.165, 1.54) is 51.9 Å². The highest BCUT2D eigenvalue weighted by Gasteiger charge is 2.20. The number of thiophene rings is 1. The van der Waals surface area contributed by atoms with Crippen molar-refractivity contribution in [2.75, 3.05) is 5.32 Å². The van der Waals surface area contributed by atoms with E-state index >= 15 is 0 Å². The van der Waals surface area contributed by atoms with Gasteiger partial charge in [0.25, 0.3) is 11.2 Å². The number of benzene rings is 2. The van der Waals surface area contributed by atoms with Crippen molar-refractivity contribution in [2.45, 2.75) is 17.3 Å². The van der Waals surface area contributed by atoms with Crippen LogP contribution in [0.4, 0.5) is 11.4 Å². The molecule has 2 heterocycles. The first-order valence-corrected chi connectivity index (χ1v) is 11.3. The van der Waals surface area contributed by atoms with Gasteiger partial charge >= 0.3 is 0 Å². The number of carbonyl (C=O) groups is 1. The van der Waals surface area contributed by atoms with Crippen molar-refractivity contribution >= 4 is 50.6 Å². The summed E-state index contributed by atoms with van der Waals surface area (Å²) >= 11 is 2.61. The number of aromatic nitrogens is 2. The smallest absolute Gasteiger partial charge is 0.269 e. The van der Waals surface area contributed by atoms with Crippen molar-refractivity contribution < 1.29 is 9.72 Å². The first-order valence-electron chi connectivity index (χ1n) is 9.61. The number of hydrogen-bond donors (Lipinski definition) is 1. The van der Waals surface area contributed by atoms with Crippen LogP contribution in [0.3, 0.4) is 0 Å². The van der Waals surface area contributed by atoms with Crippen LogP contribution < -0.4 is 10.9 Å². The van der Waals surface area contributed by atoms with Crippen molar-refractivity contribution in [2.24, 2.45) is 7.05 Å². The molecule has 0 aliphatic carbocycles. The Morgan fingerprint density at radius 1 is 1.19 bits per heavy atom. The van der Waals surface area contributed by atoms with Gasteiger partial charge in [0.05, 0.1) is 15.6 Å². The van der Waals surface area contributed by atoms with Gasteiger partial charge in [-0.15, -0.1) is 11.3 Å². The van der Waals surface area contributed by atoms with E-state index in [-0.39, 0.29) is 17.2 Å². The third-order valence-corrected chi connectivity index (χ3v) is 7.01. The Kier molecular flexibility index (Phi) is 6.06. The third-order valence-electron chi connectivity index (χ3n) is 4.79. The summed E-state index contributed by atoms with van der Waals surface area (Å²) in [5, 5.41) is 13.9. The Morgan fingerprint density at radius 3 is 2.53 bits per heavy atom. The second-order valence-corrected chi connectivity index (χ2v) is 9.35. The highest BCUT2D eigenvalue weighted by atomic mass is 32.2. The monoisotopic (exact) mass is 466 g/mol. The standard InChI is InChI=1S/C22H18N4O4S2/c1-13(19(27)23-15-8-10-16(11-9-15)26(29)30)31-22-24-20-17(21(28)25(22)2)12-18(32-20)14-6-4-3-5-7-14/h3-13H,1-2H3,(H,23,27). The van der Waals surface area contributed by atoms with Crippen LogP contribution in [0.2, 0.25) is 0 Å². The van der Waals surface area contributed by atoms with Crippen LogP contribution in [0.25, 0.3) is 20.7 Å². The summed E-state index contributed by atoms with van der Waals surface area (Å²) in [5.74, 6) is -0.297. The molecule has 1 atom stereocenters. The molecule has 4 aromatic rings. The number of fused-ring (bicyclic) bond motifs is 1. The van der Waals surface area contributed by atoms with Crippen molar-refractivity contribution in [1.29, 1.82) is 0 Å². The van der Waals surface area contributed by atoms with Crippen LogP contribution in [0.1, 0.15) is 6.92 Å². The lowest BCUT2D eigenvalue weighted by atomic mass is 10.2. The first kappa shape index (κ1) is 21.7. The maximum atomic E-state index is 12.9. The summed E-state index contributed by atoms with van der Waals surface area (Å²) in [4.78, 5) is 42.0. The van der Waals surface area contributed by atoms with Crippen LogP contribution in [0, 0.1) is 10.1 Å². The molecular formula is C22H18N4O4S2. The van der Waals surface area contributed by atoms with Gasteiger partial charge in [0.15, 0.2) is 5.16 Å². The summed E-state index contributed by atoms with van der Waals surface area (Å²) in [5.41, 5.74) is 1.25. The molecule has 4 rings (SSSR count). The van der Waals surface area contributed by atoms with E-state index in [0.717, 1.165) is 10.4 Å². The molecule has 1 unspecified atom stereocenters. The van der Waals surface area contributed by atoms with Gasteiger partial charge in [-0.2, -0.15) is 0 Å². The normalized spacial score (nSPS) is 11.9. The molecule has 0 fully saturated rings. The SMILES string of the molecule is CC(Sc1nc2sc(-c3ccccc3)cc2c(=O)n1C)C(=O)Nc1ccc([N+](=O)[O-])cc1. The van der Waals surface area contributed by atoms with Crippen LogP contribution >= 0.6 is 23.1 Å². The zero-order chi connectivity index (χ0) is 22.8. The van der Waals surface area contributed by atoms with Gasteiger partial charge in [0.1, 0.15) is 4.83 Å². The second-order valence-electron chi connectivity index (χ2n) is 7.01. The predicted molar refractivity (Wildman–Crippen MR) is 127 cm³/mol. The molecule has 1 amide bonds. The molecule has 0 spiro atoms. The van der Waals surface area contributed by atoms with E-state index in [9.17, 15) is 19.7 Å². The number of hydrogen-bond acceptors (Lipinski definition) is 7. The number of carbonyl (C=O) groups excluding carboxylic acids is 1. The first-order chi connectivity index (χ1) is 15.3. The van der Waals surface area contributed by atoms with Gasteiger partial charge in [0, 0.05) is 29.7 Å². The number of rotatable bonds is 6.